The Labute approximate surface area is 160 Å². The number of halogens is 1. The number of hydrogen-bond acceptors (Lipinski definition) is 3. The zero-order valence-corrected chi connectivity index (χ0v) is 17.8. The van der Waals surface area contributed by atoms with E-state index < -0.39 is 11.9 Å². The molecule has 0 aliphatic carbocycles. The lowest BCUT2D eigenvalue weighted by atomic mass is 10.0. The van der Waals surface area contributed by atoms with Gasteiger partial charge in [0.05, 0.1) is 6.61 Å². The Kier molecular flexibility index (Phi) is 12.9. The third kappa shape index (κ3) is 11.6. The molecule has 0 aromatic rings. The highest BCUT2D eigenvalue weighted by atomic mass is 127. The van der Waals surface area contributed by atoms with Crippen molar-refractivity contribution in [2.45, 2.75) is 66.7 Å². The van der Waals surface area contributed by atoms with Crippen molar-refractivity contribution < 1.29 is 14.3 Å². The van der Waals surface area contributed by atoms with E-state index in [2.05, 4.69) is 32.9 Å². The molecule has 1 unspecified atom stereocenters. The lowest BCUT2D eigenvalue weighted by Crippen LogP contribution is -2.22. The van der Waals surface area contributed by atoms with Gasteiger partial charge in [-0.1, -0.05) is 34.9 Å². The zero-order valence-electron chi connectivity index (χ0n) is 15.7. The second-order valence-corrected chi connectivity index (χ2v) is 7.37. The second-order valence-electron chi connectivity index (χ2n) is 6.30. The van der Waals surface area contributed by atoms with Gasteiger partial charge in [-0.25, -0.2) is 0 Å². The minimum absolute atomic E-state index is 0.162. The van der Waals surface area contributed by atoms with Crippen molar-refractivity contribution in [3.8, 4) is 0 Å². The molecule has 0 bridgehead atoms. The molecule has 0 heterocycles. The van der Waals surface area contributed by atoms with Gasteiger partial charge in [-0.05, 0) is 66.7 Å². The van der Waals surface area contributed by atoms with Crippen LogP contribution in [0.3, 0.4) is 0 Å². The van der Waals surface area contributed by atoms with Gasteiger partial charge in [-0.3, -0.25) is 9.59 Å². The minimum Gasteiger partial charge on any atom is -0.465 e. The standard InChI is InChI=1S/C20H31IO3/c1-6-24-20(23)18(19(21)22)14-13-17(5)12-8-11-16(4)10-7-9-15(2)3/h9,11,13,18H,6-8,10,12,14H2,1-5H3/b16-11+,17-13+. The third-order valence-corrected chi connectivity index (χ3v) is 4.42. The van der Waals surface area contributed by atoms with Gasteiger partial charge in [0.2, 0.25) is 3.79 Å². The van der Waals surface area contributed by atoms with Crippen molar-refractivity contribution in [1.29, 1.82) is 0 Å². The molecule has 0 aromatic carbocycles. The van der Waals surface area contributed by atoms with E-state index in [4.69, 9.17) is 4.74 Å². The van der Waals surface area contributed by atoms with Gasteiger partial charge in [0.15, 0.2) is 0 Å². The van der Waals surface area contributed by atoms with Crippen molar-refractivity contribution in [3.63, 3.8) is 0 Å². The smallest absolute Gasteiger partial charge is 0.317 e. The van der Waals surface area contributed by atoms with E-state index in [1.165, 1.54) is 16.7 Å². The van der Waals surface area contributed by atoms with E-state index in [0.717, 1.165) is 25.7 Å². The van der Waals surface area contributed by atoms with Crippen molar-refractivity contribution in [3.05, 3.63) is 34.9 Å². The molecule has 136 valence electrons. The van der Waals surface area contributed by atoms with Crippen LogP contribution in [0.15, 0.2) is 34.9 Å². The van der Waals surface area contributed by atoms with Crippen LogP contribution < -0.4 is 0 Å². The number of ether oxygens (including phenoxy) is 1. The highest BCUT2D eigenvalue weighted by Crippen LogP contribution is 2.17. The van der Waals surface area contributed by atoms with Gasteiger partial charge in [-0.2, -0.15) is 0 Å². The Morgan fingerprint density at radius 2 is 1.50 bits per heavy atom. The molecule has 3 nitrogen and oxygen atoms in total. The molecule has 0 saturated carbocycles. The molecule has 0 aliphatic heterocycles. The zero-order chi connectivity index (χ0) is 18.5. The number of rotatable bonds is 11. The lowest BCUT2D eigenvalue weighted by Gasteiger charge is -2.10. The molecule has 1 atom stereocenters. The summed E-state index contributed by atoms with van der Waals surface area (Å²) in [4.78, 5) is 23.3. The summed E-state index contributed by atoms with van der Waals surface area (Å²) in [7, 11) is 0. The average molecular weight is 446 g/mol. The van der Waals surface area contributed by atoms with Crippen LogP contribution in [0.1, 0.15) is 66.7 Å². The Morgan fingerprint density at radius 3 is 2.00 bits per heavy atom. The average Bonchev–Trinajstić information content (AvgIpc) is 2.46. The molecule has 0 fully saturated rings. The summed E-state index contributed by atoms with van der Waals surface area (Å²) in [6, 6.07) is 0. The van der Waals surface area contributed by atoms with Crippen LogP contribution in [-0.2, 0) is 14.3 Å². The molecule has 0 saturated heterocycles. The Balaban J connectivity index is 4.36. The molecule has 0 spiro atoms. The van der Waals surface area contributed by atoms with E-state index in [1.807, 2.05) is 13.0 Å². The summed E-state index contributed by atoms with van der Waals surface area (Å²) in [5.41, 5.74) is 3.98. The first-order chi connectivity index (χ1) is 11.3. The van der Waals surface area contributed by atoms with Crippen LogP contribution >= 0.6 is 22.6 Å². The molecular weight excluding hydrogens is 415 g/mol. The molecule has 4 heteroatoms. The SMILES string of the molecule is CCOC(=O)C(C/C=C(\C)CC/C=C(\C)CCC=C(C)C)C(=O)I. The third-order valence-electron chi connectivity index (χ3n) is 3.67. The predicted octanol–water partition coefficient (Wildman–Crippen LogP) is 5.94. The number of hydrogen-bond donors (Lipinski definition) is 0. The Hall–Kier alpha value is -0.910. The van der Waals surface area contributed by atoms with Crippen LogP contribution in [0, 0.1) is 5.92 Å². The van der Waals surface area contributed by atoms with Gasteiger partial charge in [0.1, 0.15) is 5.92 Å². The number of carbonyl (C=O) groups excluding carboxylic acids is 2. The summed E-state index contributed by atoms with van der Waals surface area (Å²) in [6.45, 7) is 10.5. The maximum atomic E-state index is 11.8. The molecule has 0 radical (unpaired) electrons. The van der Waals surface area contributed by atoms with Gasteiger partial charge in [-0.15, -0.1) is 0 Å². The van der Waals surface area contributed by atoms with Crippen molar-refractivity contribution in [2.75, 3.05) is 6.61 Å². The summed E-state index contributed by atoms with van der Waals surface area (Å²) in [6.07, 6.45) is 11.1. The van der Waals surface area contributed by atoms with E-state index >= 15 is 0 Å². The van der Waals surface area contributed by atoms with Crippen LogP contribution in [0.4, 0.5) is 0 Å². The van der Waals surface area contributed by atoms with Crippen LogP contribution in [-0.4, -0.2) is 16.4 Å². The maximum absolute atomic E-state index is 11.8. The number of esters is 1. The molecule has 24 heavy (non-hydrogen) atoms. The lowest BCUT2D eigenvalue weighted by molar-refractivity contribution is -0.149. The largest absolute Gasteiger partial charge is 0.465 e. The first kappa shape index (κ1) is 23.1. The summed E-state index contributed by atoms with van der Waals surface area (Å²) >= 11 is 1.68. The van der Waals surface area contributed by atoms with Gasteiger partial charge in [0.25, 0.3) is 0 Å². The fourth-order valence-electron chi connectivity index (χ4n) is 2.18. The fourth-order valence-corrected chi connectivity index (χ4v) is 2.69. The first-order valence-electron chi connectivity index (χ1n) is 8.58. The van der Waals surface area contributed by atoms with Gasteiger partial charge < -0.3 is 4.74 Å². The predicted molar refractivity (Wildman–Crippen MR) is 109 cm³/mol. The van der Waals surface area contributed by atoms with Crippen LogP contribution in [0.25, 0.3) is 0 Å². The maximum Gasteiger partial charge on any atom is 0.317 e. The van der Waals surface area contributed by atoms with Crippen molar-refractivity contribution >= 4 is 32.4 Å². The highest BCUT2D eigenvalue weighted by molar-refractivity contribution is 14.1. The van der Waals surface area contributed by atoms with E-state index in [0.29, 0.717) is 13.0 Å². The Morgan fingerprint density at radius 1 is 0.958 bits per heavy atom. The molecule has 0 aromatic heterocycles. The fraction of sp³-hybridized carbons (Fsp3) is 0.600. The molecule has 0 amide bonds. The monoisotopic (exact) mass is 446 g/mol. The van der Waals surface area contributed by atoms with Crippen molar-refractivity contribution in [2.24, 2.45) is 5.92 Å². The molecular formula is C20H31IO3. The summed E-state index contributed by atoms with van der Waals surface area (Å²) < 4.78 is 4.79. The molecule has 0 rings (SSSR count). The second kappa shape index (κ2) is 13.4. The van der Waals surface area contributed by atoms with E-state index in [9.17, 15) is 9.59 Å². The normalized spacial score (nSPS) is 13.4. The van der Waals surface area contributed by atoms with Gasteiger partial charge in [0, 0.05) is 22.6 Å². The minimum atomic E-state index is -0.679. The van der Waals surface area contributed by atoms with Crippen LogP contribution in [0.5, 0.6) is 0 Å². The highest BCUT2D eigenvalue weighted by Gasteiger charge is 2.24. The van der Waals surface area contributed by atoms with Crippen molar-refractivity contribution in [1.82, 2.24) is 0 Å². The summed E-state index contributed by atoms with van der Waals surface area (Å²) in [5, 5.41) is 0. The first-order valence-corrected chi connectivity index (χ1v) is 9.66. The number of allylic oxidation sites excluding steroid dienone is 6. The Bertz CT molecular complexity index is 497. The quantitative estimate of drug-likeness (QED) is 0.130. The summed E-state index contributed by atoms with van der Waals surface area (Å²) in [5.74, 6) is -1.10. The molecule has 0 aliphatic rings. The number of carbonyl (C=O) groups is 2. The van der Waals surface area contributed by atoms with E-state index in [1.54, 1.807) is 29.5 Å². The topological polar surface area (TPSA) is 43.4 Å². The molecule has 0 N–H and O–H groups in total. The van der Waals surface area contributed by atoms with Crippen LogP contribution in [0.2, 0.25) is 0 Å². The van der Waals surface area contributed by atoms with Gasteiger partial charge >= 0.3 is 5.97 Å². The van der Waals surface area contributed by atoms with E-state index in [-0.39, 0.29) is 3.79 Å².